The van der Waals surface area contributed by atoms with Gasteiger partial charge < -0.3 is 10.3 Å². The molecule has 2 N–H and O–H groups in total. The lowest BCUT2D eigenvalue weighted by Crippen LogP contribution is -2.01. The number of aryl methyl sites for hydroxylation is 1. The summed E-state index contributed by atoms with van der Waals surface area (Å²) in [5.41, 5.74) is 8.38. The van der Waals surface area contributed by atoms with E-state index in [1.54, 1.807) is 12.5 Å². The maximum absolute atomic E-state index is 5.60. The summed E-state index contributed by atoms with van der Waals surface area (Å²) in [5, 5.41) is 0. The van der Waals surface area contributed by atoms with Crippen molar-refractivity contribution in [3.8, 4) is 11.4 Å². The predicted octanol–water partition coefficient (Wildman–Crippen LogP) is 0.941. The van der Waals surface area contributed by atoms with Crippen LogP contribution in [0.25, 0.3) is 11.4 Å². The molecule has 0 unspecified atom stereocenters. The van der Waals surface area contributed by atoms with Crippen LogP contribution in [0.1, 0.15) is 5.69 Å². The molecule has 0 aliphatic carbocycles. The van der Waals surface area contributed by atoms with Crippen LogP contribution >= 0.6 is 0 Å². The molecular formula is C10H12N4. The zero-order valence-electron chi connectivity index (χ0n) is 8.01. The van der Waals surface area contributed by atoms with Crippen molar-refractivity contribution in [1.29, 1.82) is 0 Å². The summed E-state index contributed by atoms with van der Waals surface area (Å²) in [6.45, 7) is 0.437. The van der Waals surface area contributed by atoms with E-state index in [1.807, 2.05) is 29.8 Å². The van der Waals surface area contributed by atoms with Gasteiger partial charge in [-0.3, -0.25) is 4.98 Å². The van der Waals surface area contributed by atoms with Crippen LogP contribution in [0.5, 0.6) is 0 Å². The van der Waals surface area contributed by atoms with Gasteiger partial charge in [0.15, 0.2) is 0 Å². The minimum Gasteiger partial charge on any atom is -0.332 e. The van der Waals surface area contributed by atoms with Crippen LogP contribution in [0.15, 0.2) is 30.7 Å². The first-order chi connectivity index (χ1) is 6.83. The Bertz CT molecular complexity index is 419. The second-order valence-corrected chi connectivity index (χ2v) is 3.07. The Morgan fingerprint density at radius 3 is 2.86 bits per heavy atom. The minimum atomic E-state index is 0.437. The highest BCUT2D eigenvalue weighted by molar-refractivity contribution is 5.57. The van der Waals surface area contributed by atoms with Gasteiger partial charge in [0.2, 0.25) is 0 Å². The van der Waals surface area contributed by atoms with Crippen LogP contribution in [0, 0.1) is 0 Å². The number of imidazole rings is 1. The Kier molecular flexibility index (Phi) is 2.28. The van der Waals surface area contributed by atoms with Gasteiger partial charge in [-0.25, -0.2) is 4.98 Å². The molecule has 0 aliphatic rings. The van der Waals surface area contributed by atoms with Crippen molar-refractivity contribution in [2.75, 3.05) is 0 Å². The quantitative estimate of drug-likeness (QED) is 0.763. The maximum atomic E-state index is 5.60. The Morgan fingerprint density at radius 1 is 1.36 bits per heavy atom. The molecule has 0 atom stereocenters. The monoisotopic (exact) mass is 188 g/mol. The molecule has 0 amide bonds. The normalized spacial score (nSPS) is 10.4. The zero-order valence-corrected chi connectivity index (χ0v) is 8.01. The third-order valence-electron chi connectivity index (χ3n) is 2.11. The van der Waals surface area contributed by atoms with Crippen molar-refractivity contribution in [2.45, 2.75) is 6.54 Å². The Morgan fingerprint density at radius 2 is 2.21 bits per heavy atom. The van der Waals surface area contributed by atoms with Gasteiger partial charge in [-0.15, -0.1) is 0 Å². The number of aromatic nitrogens is 3. The molecule has 4 nitrogen and oxygen atoms in total. The van der Waals surface area contributed by atoms with Crippen molar-refractivity contribution < 1.29 is 0 Å². The van der Waals surface area contributed by atoms with Crippen LogP contribution in [0.2, 0.25) is 0 Å². The van der Waals surface area contributed by atoms with Gasteiger partial charge in [0, 0.05) is 19.8 Å². The van der Waals surface area contributed by atoms with Gasteiger partial charge in [-0.1, -0.05) is 6.07 Å². The van der Waals surface area contributed by atoms with Crippen molar-refractivity contribution in [3.63, 3.8) is 0 Å². The molecule has 0 saturated heterocycles. The van der Waals surface area contributed by atoms with E-state index in [-0.39, 0.29) is 0 Å². The van der Waals surface area contributed by atoms with Crippen molar-refractivity contribution in [2.24, 2.45) is 12.8 Å². The largest absolute Gasteiger partial charge is 0.332 e. The first-order valence-corrected chi connectivity index (χ1v) is 4.44. The van der Waals surface area contributed by atoms with E-state index in [1.165, 1.54) is 0 Å². The summed E-state index contributed by atoms with van der Waals surface area (Å²) in [5.74, 6) is 0. The number of nitrogens with two attached hydrogens (primary N) is 1. The summed E-state index contributed by atoms with van der Waals surface area (Å²) < 4.78 is 1.94. The summed E-state index contributed by atoms with van der Waals surface area (Å²) >= 11 is 0. The molecule has 0 aromatic carbocycles. The van der Waals surface area contributed by atoms with E-state index in [0.717, 1.165) is 17.1 Å². The molecule has 2 rings (SSSR count). The summed E-state index contributed by atoms with van der Waals surface area (Å²) in [4.78, 5) is 8.48. The van der Waals surface area contributed by atoms with Gasteiger partial charge in [-0.05, 0) is 12.1 Å². The number of hydrogen-bond acceptors (Lipinski definition) is 3. The molecule has 0 bridgehead atoms. The highest BCUT2D eigenvalue weighted by atomic mass is 15.0. The van der Waals surface area contributed by atoms with Crippen LogP contribution in [-0.4, -0.2) is 14.5 Å². The SMILES string of the molecule is Cn1cnc(CN)c1-c1ccccn1. The predicted molar refractivity (Wildman–Crippen MR) is 54.3 cm³/mol. The van der Waals surface area contributed by atoms with Crippen molar-refractivity contribution in [3.05, 3.63) is 36.4 Å². The van der Waals surface area contributed by atoms with Crippen molar-refractivity contribution >= 4 is 0 Å². The average molecular weight is 188 g/mol. The summed E-state index contributed by atoms with van der Waals surface area (Å²) in [6, 6.07) is 5.80. The fourth-order valence-electron chi connectivity index (χ4n) is 1.46. The molecule has 0 spiro atoms. The highest BCUT2D eigenvalue weighted by Crippen LogP contribution is 2.19. The van der Waals surface area contributed by atoms with Crippen LogP contribution in [0.3, 0.4) is 0 Å². The molecule has 2 aromatic rings. The number of pyridine rings is 1. The third kappa shape index (κ3) is 1.40. The van der Waals surface area contributed by atoms with E-state index >= 15 is 0 Å². The smallest absolute Gasteiger partial charge is 0.0952 e. The lowest BCUT2D eigenvalue weighted by Gasteiger charge is -2.03. The summed E-state index contributed by atoms with van der Waals surface area (Å²) in [6.07, 6.45) is 3.52. The van der Waals surface area contributed by atoms with Crippen LogP contribution in [-0.2, 0) is 13.6 Å². The van der Waals surface area contributed by atoms with Crippen LogP contribution < -0.4 is 5.73 Å². The number of rotatable bonds is 2. The zero-order chi connectivity index (χ0) is 9.97. The average Bonchev–Trinajstić information content (AvgIpc) is 2.61. The third-order valence-corrected chi connectivity index (χ3v) is 2.11. The fraction of sp³-hybridized carbons (Fsp3) is 0.200. The van der Waals surface area contributed by atoms with Gasteiger partial charge in [-0.2, -0.15) is 0 Å². The Balaban J connectivity index is 2.55. The Labute approximate surface area is 82.4 Å². The molecule has 14 heavy (non-hydrogen) atoms. The molecule has 72 valence electrons. The highest BCUT2D eigenvalue weighted by Gasteiger charge is 2.09. The summed E-state index contributed by atoms with van der Waals surface area (Å²) in [7, 11) is 1.94. The molecule has 0 saturated carbocycles. The van der Waals surface area contributed by atoms with Crippen LogP contribution in [0.4, 0.5) is 0 Å². The lowest BCUT2D eigenvalue weighted by atomic mass is 10.2. The Hall–Kier alpha value is -1.68. The minimum absolute atomic E-state index is 0.437. The molecule has 0 fully saturated rings. The standard InChI is InChI=1S/C10H12N4/c1-14-7-13-9(6-11)10(14)8-4-2-3-5-12-8/h2-5,7H,6,11H2,1H3. The van der Waals surface area contributed by atoms with E-state index in [0.29, 0.717) is 6.54 Å². The van der Waals surface area contributed by atoms with Gasteiger partial charge >= 0.3 is 0 Å². The molecular weight excluding hydrogens is 176 g/mol. The van der Waals surface area contributed by atoms with E-state index in [9.17, 15) is 0 Å². The second kappa shape index (κ2) is 3.59. The lowest BCUT2D eigenvalue weighted by molar-refractivity contribution is 0.914. The molecule has 0 aliphatic heterocycles. The van der Waals surface area contributed by atoms with E-state index < -0.39 is 0 Å². The first kappa shape index (κ1) is 8.90. The van der Waals surface area contributed by atoms with E-state index in [4.69, 9.17) is 5.73 Å². The van der Waals surface area contributed by atoms with Gasteiger partial charge in [0.1, 0.15) is 0 Å². The molecule has 2 aromatic heterocycles. The van der Waals surface area contributed by atoms with Gasteiger partial charge in [0.25, 0.3) is 0 Å². The first-order valence-electron chi connectivity index (χ1n) is 4.44. The number of hydrogen-bond donors (Lipinski definition) is 1. The van der Waals surface area contributed by atoms with Gasteiger partial charge in [0.05, 0.1) is 23.4 Å². The molecule has 0 radical (unpaired) electrons. The van der Waals surface area contributed by atoms with Crippen molar-refractivity contribution in [1.82, 2.24) is 14.5 Å². The molecule has 4 heteroatoms. The molecule has 2 heterocycles. The fourth-order valence-corrected chi connectivity index (χ4v) is 1.46. The van der Waals surface area contributed by atoms with E-state index in [2.05, 4.69) is 9.97 Å². The maximum Gasteiger partial charge on any atom is 0.0952 e. The second-order valence-electron chi connectivity index (χ2n) is 3.07. The topological polar surface area (TPSA) is 56.7 Å². The number of nitrogens with zero attached hydrogens (tertiary/aromatic N) is 3.